The van der Waals surface area contributed by atoms with Crippen LogP contribution >= 0.6 is 0 Å². The van der Waals surface area contributed by atoms with E-state index in [1.54, 1.807) is 0 Å². The molecule has 0 amide bonds. The monoisotopic (exact) mass is 479 g/mol. The fraction of sp³-hybridized carbons (Fsp3) is 0.321. The average molecular weight is 480 g/mol. The number of aromatic amines is 1. The number of hydrogen-bond acceptors (Lipinski definition) is 6. The maximum absolute atomic E-state index is 5.95. The van der Waals surface area contributed by atoms with Crippen LogP contribution < -0.4 is 0 Å². The van der Waals surface area contributed by atoms with Gasteiger partial charge in [0.15, 0.2) is 5.65 Å². The Labute approximate surface area is 209 Å². The van der Waals surface area contributed by atoms with Crippen LogP contribution in [0.2, 0.25) is 0 Å². The lowest BCUT2D eigenvalue weighted by Crippen LogP contribution is -2.05. The van der Waals surface area contributed by atoms with E-state index in [-0.39, 0.29) is 6.10 Å². The van der Waals surface area contributed by atoms with E-state index in [1.165, 1.54) is 16.7 Å². The summed E-state index contributed by atoms with van der Waals surface area (Å²) in [5.41, 5.74) is 9.64. The summed E-state index contributed by atoms with van der Waals surface area (Å²) in [6.45, 7) is 7.83. The highest BCUT2D eigenvalue weighted by Gasteiger charge is 2.21. The van der Waals surface area contributed by atoms with E-state index < -0.39 is 0 Å². The zero-order valence-corrected chi connectivity index (χ0v) is 20.8. The molecule has 1 aliphatic heterocycles. The summed E-state index contributed by atoms with van der Waals surface area (Å²) in [6.07, 6.45) is 3.14. The molecule has 0 bridgehead atoms. The number of tetrazole rings is 1. The zero-order chi connectivity index (χ0) is 24.6. The fourth-order valence-electron chi connectivity index (χ4n) is 5.17. The molecule has 3 aromatic heterocycles. The first-order valence-corrected chi connectivity index (χ1v) is 12.5. The Hall–Kier alpha value is -3.91. The summed E-state index contributed by atoms with van der Waals surface area (Å²) in [6, 6.07) is 17.2. The van der Waals surface area contributed by atoms with E-state index in [0.29, 0.717) is 5.82 Å². The topological polar surface area (TPSA) is 94.4 Å². The first-order valence-electron chi connectivity index (χ1n) is 12.5. The third kappa shape index (κ3) is 4.07. The standard InChI is InChI=1S/C28H29N7O/c1-4-25-30-26-17(2)14-18(3)29-28(26)35(25)16-19-7-9-20(10-8-19)23-15-21(24-6-5-13-36-24)11-12-22(23)27-31-33-34-32-27/h7-12,14-15,24H,4-6,13,16H2,1-3H3,(H,31,32,33,34). The van der Waals surface area contributed by atoms with Crippen molar-refractivity contribution in [3.05, 3.63) is 76.7 Å². The van der Waals surface area contributed by atoms with Crippen molar-refractivity contribution in [2.75, 3.05) is 6.61 Å². The molecule has 0 saturated carbocycles. The number of nitrogens with zero attached hydrogens (tertiary/aromatic N) is 6. The van der Waals surface area contributed by atoms with Crippen molar-refractivity contribution in [1.29, 1.82) is 0 Å². The number of ether oxygens (including phenoxy) is 1. The van der Waals surface area contributed by atoms with E-state index in [2.05, 4.69) is 87.6 Å². The molecule has 5 aromatic rings. The van der Waals surface area contributed by atoms with Crippen LogP contribution in [0.1, 0.15) is 54.1 Å². The molecule has 8 nitrogen and oxygen atoms in total. The van der Waals surface area contributed by atoms with Gasteiger partial charge in [-0.2, -0.15) is 5.21 Å². The molecule has 182 valence electrons. The molecular formula is C28H29N7O. The van der Waals surface area contributed by atoms with Gasteiger partial charge in [-0.25, -0.2) is 9.97 Å². The number of hydrogen-bond donors (Lipinski definition) is 1. The van der Waals surface area contributed by atoms with Crippen LogP contribution in [-0.2, 0) is 17.7 Å². The van der Waals surface area contributed by atoms with Gasteiger partial charge in [0, 0.05) is 24.3 Å². The molecule has 0 aliphatic carbocycles. The largest absolute Gasteiger partial charge is 0.374 e. The smallest absolute Gasteiger partial charge is 0.205 e. The van der Waals surface area contributed by atoms with Crippen molar-refractivity contribution in [1.82, 2.24) is 35.2 Å². The number of aryl methyl sites for hydroxylation is 3. The normalized spacial score (nSPS) is 15.7. The summed E-state index contributed by atoms with van der Waals surface area (Å²) >= 11 is 0. The van der Waals surface area contributed by atoms with E-state index in [1.807, 2.05) is 6.92 Å². The zero-order valence-electron chi connectivity index (χ0n) is 20.8. The minimum Gasteiger partial charge on any atom is -0.374 e. The number of nitrogens with one attached hydrogen (secondary N) is 1. The minimum absolute atomic E-state index is 0.142. The second-order valence-electron chi connectivity index (χ2n) is 9.46. The molecule has 1 N–H and O–H groups in total. The molecule has 0 spiro atoms. The summed E-state index contributed by atoms with van der Waals surface area (Å²) in [4.78, 5) is 9.71. The lowest BCUT2D eigenvalue weighted by molar-refractivity contribution is 0.112. The lowest BCUT2D eigenvalue weighted by Gasteiger charge is -2.15. The van der Waals surface area contributed by atoms with Crippen LogP contribution in [0.4, 0.5) is 0 Å². The SMILES string of the molecule is CCc1nc2c(C)cc(C)nc2n1Cc1ccc(-c2cc(C3CCCO3)ccc2-c2nn[nH]n2)cc1. The maximum Gasteiger partial charge on any atom is 0.205 e. The molecule has 36 heavy (non-hydrogen) atoms. The van der Waals surface area contributed by atoms with Gasteiger partial charge in [0.05, 0.1) is 12.6 Å². The molecule has 1 fully saturated rings. The fourth-order valence-corrected chi connectivity index (χ4v) is 5.17. The molecule has 6 rings (SSSR count). The Morgan fingerprint density at radius 3 is 2.61 bits per heavy atom. The van der Waals surface area contributed by atoms with Crippen LogP contribution in [0.15, 0.2) is 48.5 Å². The van der Waals surface area contributed by atoms with Crippen LogP contribution in [0.5, 0.6) is 0 Å². The van der Waals surface area contributed by atoms with Crippen LogP contribution in [-0.4, -0.2) is 41.8 Å². The molecule has 2 aromatic carbocycles. The highest BCUT2D eigenvalue weighted by atomic mass is 16.5. The van der Waals surface area contributed by atoms with Crippen molar-refractivity contribution >= 4 is 11.2 Å². The predicted molar refractivity (Wildman–Crippen MR) is 138 cm³/mol. The van der Waals surface area contributed by atoms with Gasteiger partial charge in [-0.15, -0.1) is 10.2 Å². The maximum atomic E-state index is 5.95. The number of aromatic nitrogens is 7. The summed E-state index contributed by atoms with van der Waals surface area (Å²) in [5, 5.41) is 14.8. The van der Waals surface area contributed by atoms with Gasteiger partial charge in [-0.05, 0) is 71.9 Å². The highest BCUT2D eigenvalue weighted by molar-refractivity contribution is 5.81. The summed E-state index contributed by atoms with van der Waals surface area (Å²) in [5.74, 6) is 1.64. The third-order valence-electron chi connectivity index (χ3n) is 6.95. The molecule has 8 heteroatoms. The molecule has 1 aliphatic rings. The van der Waals surface area contributed by atoms with Gasteiger partial charge in [0.2, 0.25) is 5.82 Å². The van der Waals surface area contributed by atoms with Crippen molar-refractivity contribution in [2.24, 2.45) is 0 Å². The molecule has 1 saturated heterocycles. The average Bonchev–Trinajstić information content (AvgIpc) is 3.66. The second-order valence-corrected chi connectivity index (χ2v) is 9.46. The van der Waals surface area contributed by atoms with E-state index in [0.717, 1.165) is 71.8 Å². The first-order chi connectivity index (χ1) is 17.6. The summed E-state index contributed by atoms with van der Waals surface area (Å²) < 4.78 is 8.19. The molecule has 0 radical (unpaired) electrons. The van der Waals surface area contributed by atoms with E-state index in [9.17, 15) is 0 Å². The molecule has 4 heterocycles. The predicted octanol–water partition coefficient (Wildman–Crippen LogP) is 5.36. The summed E-state index contributed by atoms with van der Waals surface area (Å²) in [7, 11) is 0. The Morgan fingerprint density at radius 1 is 1.03 bits per heavy atom. The van der Waals surface area contributed by atoms with Gasteiger partial charge < -0.3 is 9.30 Å². The number of H-pyrrole nitrogens is 1. The quantitative estimate of drug-likeness (QED) is 0.352. The van der Waals surface area contributed by atoms with Gasteiger partial charge in [-0.3, -0.25) is 0 Å². The van der Waals surface area contributed by atoms with Gasteiger partial charge in [0.25, 0.3) is 0 Å². The van der Waals surface area contributed by atoms with Gasteiger partial charge in [0.1, 0.15) is 11.3 Å². The van der Waals surface area contributed by atoms with Crippen molar-refractivity contribution in [3.8, 4) is 22.5 Å². The number of pyridine rings is 1. The van der Waals surface area contributed by atoms with Gasteiger partial charge in [-0.1, -0.05) is 43.3 Å². The lowest BCUT2D eigenvalue weighted by atomic mass is 9.94. The first kappa shape index (κ1) is 22.5. The Morgan fingerprint density at radius 2 is 1.89 bits per heavy atom. The minimum atomic E-state index is 0.142. The van der Waals surface area contributed by atoms with Crippen molar-refractivity contribution in [2.45, 2.75) is 52.7 Å². The van der Waals surface area contributed by atoms with Crippen LogP contribution in [0, 0.1) is 13.8 Å². The highest BCUT2D eigenvalue weighted by Crippen LogP contribution is 2.36. The van der Waals surface area contributed by atoms with Gasteiger partial charge >= 0.3 is 0 Å². The number of imidazole rings is 1. The van der Waals surface area contributed by atoms with E-state index >= 15 is 0 Å². The third-order valence-corrected chi connectivity index (χ3v) is 6.95. The number of benzene rings is 2. The molecular weight excluding hydrogens is 450 g/mol. The Kier molecular flexibility index (Phi) is 5.81. The second kappa shape index (κ2) is 9.28. The Balaban J connectivity index is 1.37. The molecule has 1 unspecified atom stereocenters. The van der Waals surface area contributed by atoms with Crippen molar-refractivity contribution in [3.63, 3.8) is 0 Å². The van der Waals surface area contributed by atoms with Crippen LogP contribution in [0.25, 0.3) is 33.7 Å². The molecule has 1 atom stereocenters. The van der Waals surface area contributed by atoms with E-state index in [4.69, 9.17) is 14.7 Å². The number of rotatable bonds is 6. The van der Waals surface area contributed by atoms with Crippen molar-refractivity contribution < 1.29 is 4.74 Å². The Bertz CT molecular complexity index is 1510. The number of fused-ring (bicyclic) bond motifs is 1. The van der Waals surface area contributed by atoms with Crippen LogP contribution in [0.3, 0.4) is 0 Å².